The molecule has 8 heteroatoms. The molecule has 0 rings (SSSR count). The van der Waals surface area contributed by atoms with Crippen LogP contribution in [0.4, 0.5) is 0 Å². The van der Waals surface area contributed by atoms with E-state index in [0.29, 0.717) is 52.9 Å². The Balaban J connectivity index is 0. The van der Waals surface area contributed by atoms with Crippen LogP contribution < -0.4 is 0 Å². The molecule has 22 heavy (non-hydrogen) atoms. The Morgan fingerprint density at radius 1 is 0.773 bits per heavy atom. The lowest BCUT2D eigenvalue weighted by Crippen LogP contribution is -2.13. The fraction of sp³-hybridized carbons (Fsp3) is 0.786. The van der Waals surface area contributed by atoms with Gasteiger partial charge in [-0.25, -0.2) is 4.79 Å². The van der Waals surface area contributed by atoms with Crippen LogP contribution in [0.1, 0.15) is 6.92 Å². The molecule has 0 bridgehead atoms. The van der Waals surface area contributed by atoms with Crippen LogP contribution in [0.3, 0.4) is 0 Å². The van der Waals surface area contributed by atoms with E-state index in [9.17, 15) is 4.79 Å². The molecule has 0 radical (unpaired) electrons. The lowest BCUT2D eigenvalue weighted by Gasteiger charge is -2.06. The average Bonchev–Trinajstić information content (AvgIpc) is 2.49. The van der Waals surface area contributed by atoms with Gasteiger partial charge in [-0.3, -0.25) is 0 Å². The van der Waals surface area contributed by atoms with Gasteiger partial charge in [-0.15, -0.1) is 0 Å². The molecule has 0 saturated carbocycles. The number of aliphatic hydroxyl groups excluding tert-OH is 2. The number of carbonyl (C=O) groups is 1. The SMILES string of the molecule is C=C(C)C(=O)O.OCCOCCOCCOCCOCCO. The van der Waals surface area contributed by atoms with Crippen molar-refractivity contribution in [3.63, 3.8) is 0 Å². The number of aliphatic carboxylic acids is 1. The molecular weight excluding hydrogens is 296 g/mol. The monoisotopic (exact) mass is 324 g/mol. The second-order valence-corrected chi connectivity index (χ2v) is 3.98. The molecule has 0 aliphatic carbocycles. The second kappa shape index (κ2) is 20.0. The number of carboxylic acid groups (broad SMARTS) is 1. The number of ether oxygens (including phenoxy) is 4. The highest BCUT2D eigenvalue weighted by Crippen LogP contribution is 1.82. The van der Waals surface area contributed by atoms with Crippen LogP contribution in [0.5, 0.6) is 0 Å². The predicted octanol–water partition coefficient (Wildman–Crippen LogP) is -0.315. The first-order valence-corrected chi connectivity index (χ1v) is 6.97. The van der Waals surface area contributed by atoms with Crippen molar-refractivity contribution in [3.05, 3.63) is 12.2 Å². The van der Waals surface area contributed by atoms with E-state index >= 15 is 0 Å². The second-order valence-electron chi connectivity index (χ2n) is 3.98. The van der Waals surface area contributed by atoms with E-state index in [1.54, 1.807) is 0 Å². The van der Waals surface area contributed by atoms with Gasteiger partial charge < -0.3 is 34.3 Å². The number of carboxylic acids is 1. The Hall–Kier alpha value is -1.03. The first-order chi connectivity index (χ1) is 10.6. The van der Waals surface area contributed by atoms with Crippen LogP contribution in [0.25, 0.3) is 0 Å². The standard InChI is InChI=1S/C10H22O6.C4H6O2/c11-1-3-13-5-7-15-9-10-16-8-6-14-4-2-12;1-3(2)4(5)6/h11-12H,1-10H2;1H2,2H3,(H,5,6). The van der Waals surface area contributed by atoms with Crippen LogP contribution in [0.2, 0.25) is 0 Å². The van der Waals surface area contributed by atoms with Gasteiger partial charge in [-0.05, 0) is 6.92 Å². The molecule has 0 atom stereocenters. The third-order valence-electron chi connectivity index (χ3n) is 1.95. The predicted molar refractivity (Wildman–Crippen MR) is 79.9 cm³/mol. The highest BCUT2D eigenvalue weighted by Gasteiger charge is 1.92. The quantitative estimate of drug-likeness (QED) is 0.294. The van der Waals surface area contributed by atoms with E-state index in [2.05, 4.69) is 6.58 Å². The Bertz CT molecular complexity index is 231. The molecule has 0 spiro atoms. The fourth-order valence-electron chi connectivity index (χ4n) is 0.891. The molecule has 3 N–H and O–H groups in total. The maximum atomic E-state index is 9.60. The summed E-state index contributed by atoms with van der Waals surface area (Å²) in [6.07, 6.45) is 0. The molecule has 0 aliphatic rings. The van der Waals surface area contributed by atoms with Gasteiger partial charge in [-0.1, -0.05) is 6.58 Å². The minimum atomic E-state index is -0.935. The van der Waals surface area contributed by atoms with E-state index in [0.717, 1.165) is 0 Å². The van der Waals surface area contributed by atoms with Crippen LogP contribution in [-0.4, -0.2) is 87.4 Å². The Kier molecular flexibility index (Phi) is 21.1. The Morgan fingerprint density at radius 2 is 1.00 bits per heavy atom. The maximum absolute atomic E-state index is 9.60. The van der Waals surface area contributed by atoms with Crippen LogP contribution in [-0.2, 0) is 23.7 Å². The van der Waals surface area contributed by atoms with Gasteiger partial charge >= 0.3 is 5.97 Å². The zero-order valence-corrected chi connectivity index (χ0v) is 13.2. The summed E-state index contributed by atoms with van der Waals surface area (Å²) in [6, 6.07) is 0. The molecule has 0 aromatic heterocycles. The smallest absolute Gasteiger partial charge is 0.330 e. The van der Waals surface area contributed by atoms with Crippen LogP contribution >= 0.6 is 0 Å². The van der Waals surface area contributed by atoms with Crippen molar-refractivity contribution in [2.75, 3.05) is 66.1 Å². The summed E-state index contributed by atoms with van der Waals surface area (Å²) in [7, 11) is 0. The van der Waals surface area contributed by atoms with E-state index in [1.807, 2.05) is 0 Å². The Labute approximate surface area is 131 Å². The van der Waals surface area contributed by atoms with E-state index in [4.69, 9.17) is 34.3 Å². The van der Waals surface area contributed by atoms with E-state index < -0.39 is 5.97 Å². The summed E-state index contributed by atoms with van der Waals surface area (Å²) in [6.45, 7) is 8.39. The van der Waals surface area contributed by atoms with Crippen molar-refractivity contribution < 1.29 is 39.1 Å². The molecule has 0 heterocycles. The summed E-state index contributed by atoms with van der Waals surface area (Å²) in [5.41, 5.74) is 0.176. The molecule has 0 fully saturated rings. The van der Waals surface area contributed by atoms with Crippen LogP contribution in [0.15, 0.2) is 12.2 Å². The van der Waals surface area contributed by atoms with Gasteiger partial charge in [0.1, 0.15) is 0 Å². The fourth-order valence-corrected chi connectivity index (χ4v) is 0.891. The molecule has 0 aromatic rings. The molecular formula is C14H28O8. The largest absolute Gasteiger partial charge is 0.478 e. The molecule has 0 aromatic carbocycles. The summed E-state index contributed by atoms with van der Waals surface area (Å²) in [4.78, 5) is 9.60. The van der Waals surface area contributed by atoms with Crippen molar-refractivity contribution in [2.24, 2.45) is 0 Å². The lowest BCUT2D eigenvalue weighted by molar-refractivity contribution is -0.132. The first kappa shape index (κ1) is 23.2. The normalized spacial score (nSPS) is 9.95. The number of rotatable bonds is 14. The van der Waals surface area contributed by atoms with Gasteiger partial charge in [0.2, 0.25) is 0 Å². The highest BCUT2D eigenvalue weighted by molar-refractivity contribution is 5.84. The van der Waals surface area contributed by atoms with Gasteiger partial charge in [0.15, 0.2) is 0 Å². The third kappa shape index (κ3) is 24.0. The Morgan fingerprint density at radius 3 is 1.18 bits per heavy atom. The highest BCUT2D eigenvalue weighted by atomic mass is 16.6. The summed E-state index contributed by atoms with van der Waals surface area (Å²) >= 11 is 0. The van der Waals surface area contributed by atoms with E-state index in [1.165, 1.54) is 6.92 Å². The third-order valence-corrected chi connectivity index (χ3v) is 1.95. The molecule has 0 saturated heterocycles. The molecule has 0 aliphatic heterocycles. The van der Waals surface area contributed by atoms with Crippen molar-refractivity contribution in [2.45, 2.75) is 6.92 Å². The van der Waals surface area contributed by atoms with Crippen molar-refractivity contribution in [3.8, 4) is 0 Å². The topological polar surface area (TPSA) is 115 Å². The van der Waals surface area contributed by atoms with Crippen LogP contribution in [0, 0.1) is 0 Å². The molecule has 0 unspecified atom stereocenters. The zero-order valence-electron chi connectivity index (χ0n) is 13.2. The van der Waals surface area contributed by atoms with Crippen molar-refractivity contribution >= 4 is 5.97 Å². The maximum Gasteiger partial charge on any atom is 0.330 e. The van der Waals surface area contributed by atoms with Crippen molar-refractivity contribution in [1.29, 1.82) is 0 Å². The van der Waals surface area contributed by atoms with Gasteiger partial charge in [0, 0.05) is 5.57 Å². The summed E-state index contributed by atoms with van der Waals surface area (Å²) < 4.78 is 20.4. The molecule has 8 nitrogen and oxygen atoms in total. The molecule has 0 amide bonds. The average molecular weight is 324 g/mol. The van der Waals surface area contributed by atoms with Gasteiger partial charge in [0.25, 0.3) is 0 Å². The number of hydrogen-bond donors (Lipinski definition) is 3. The summed E-state index contributed by atoms with van der Waals surface area (Å²) in [5.74, 6) is -0.935. The summed E-state index contributed by atoms with van der Waals surface area (Å²) in [5, 5.41) is 24.7. The van der Waals surface area contributed by atoms with Gasteiger partial charge in [0.05, 0.1) is 66.1 Å². The van der Waals surface area contributed by atoms with Gasteiger partial charge in [-0.2, -0.15) is 0 Å². The number of hydrogen-bond acceptors (Lipinski definition) is 7. The first-order valence-electron chi connectivity index (χ1n) is 6.97. The minimum absolute atomic E-state index is 0.0386. The van der Waals surface area contributed by atoms with E-state index in [-0.39, 0.29) is 18.8 Å². The zero-order chi connectivity index (χ0) is 17.1. The molecule has 132 valence electrons. The lowest BCUT2D eigenvalue weighted by atomic mass is 10.4. The van der Waals surface area contributed by atoms with Crippen molar-refractivity contribution in [1.82, 2.24) is 0 Å². The number of aliphatic hydroxyl groups is 2. The minimum Gasteiger partial charge on any atom is -0.478 e.